The molecule has 13 heavy (non-hydrogen) atoms. The molecule has 75 valence electrons. The third-order valence-electron chi connectivity index (χ3n) is 1.97. The lowest BCUT2D eigenvalue weighted by atomic mass is 10.1. The second-order valence-corrected chi connectivity index (χ2v) is 3.69. The van der Waals surface area contributed by atoms with Gasteiger partial charge in [-0.2, -0.15) is 0 Å². The van der Waals surface area contributed by atoms with Crippen LogP contribution >= 0.6 is 12.6 Å². The molecule has 0 aromatic heterocycles. The quantitative estimate of drug-likeness (QED) is 0.589. The van der Waals surface area contributed by atoms with Crippen LogP contribution in [0.5, 0.6) is 0 Å². The Balaban J connectivity index is 3.77. The summed E-state index contributed by atoms with van der Waals surface area (Å²) in [6.07, 6.45) is 8.33. The van der Waals surface area contributed by atoms with E-state index >= 15 is 0 Å². The monoisotopic (exact) mass is 198 g/mol. The molecule has 0 spiro atoms. The Morgan fingerprint density at radius 3 is 2.62 bits per heavy atom. The predicted octanol–water partition coefficient (Wildman–Crippen LogP) is 3.42. The summed E-state index contributed by atoms with van der Waals surface area (Å²) in [7, 11) is 0. The van der Waals surface area contributed by atoms with Crippen LogP contribution in [0, 0.1) is 0 Å². The van der Waals surface area contributed by atoms with Crippen molar-refractivity contribution in [3.63, 3.8) is 0 Å². The minimum absolute atomic E-state index is 0.0122. The van der Waals surface area contributed by atoms with E-state index < -0.39 is 0 Å². The molecule has 0 aliphatic carbocycles. The van der Waals surface area contributed by atoms with Crippen molar-refractivity contribution in [1.82, 2.24) is 5.32 Å². The number of unbranched alkanes of at least 4 members (excludes halogenated alkanes) is 1. The molecule has 0 saturated carbocycles. The Labute approximate surface area is 87.7 Å². The first-order valence-electron chi connectivity index (χ1n) is 4.89. The Morgan fingerprint density at radius 2 is 2.15 bits per heavy atom. The molecule has 0 aliphatic heterocycles. The van der Waals surface area contributed by atoms with Gasteiger partial charge >= 0.3 is 0 Å². The molecule has 2 heteroatoms. The van der Waals surface area contributed by atoms with E-state index in [9.17, 15) is 0 Å². The van der Waals surface area contributed by atoms with E-state index in [1.807, 2.05) is 6.08 Å². The van der Waals surface area contributed by atoms with E-state index in [2.05, 4.69) is 25.4 Å². The van der Waals surface area contributed by atoms with Crippen LogP contribution in [0.25, 0.3) is 0 Å². The van der Waals surface area contributed by atoms with Gasteiger partial charge in [0.25, 0.3) is 0 Å². The lowest BCUT2D eigenvalue weighted by molar-refractivity contribution is 0.479. The third kappa shape index (κ3) is 6.91. The van der Waals surface area contributed by atoms with Crippen molar-refractivity contribution >= 4 is 12.6 Å². The normalized spacial score (nSPS) is 14.9. The molecular weight excluding hydrogens is 178 g/mol. The summed E-state index contributed by atoms with van der Waals surface area (Å²) in [5.41, 5.74) is 0. The van der Waals surface area contributed by atoms with Crippen LogP contribution < -0.4 is 5.32 Å². The third-order valence-corrected chi connectivity index (χ3v) is 2.30. The van der Waals surface area contributed by atoms with Crippen LogP contribution in [0.3, 0.4) is 0 Å². The van der Waals surface area contributed by atoms with Crippen LogP contribution in [0.15, 0.2) is 25.3 Å². The van der Waals surface area contributed by atoms with Gasteiger partial charge in [0, 0.05) is 6.04 Å². The van der Waals surface area contributed by atoms with Crippen molar-refractivity contribution in [2.45, 2.75) is 44.0 Å². The van der Waals surface area contributed by atoms with Crippen molar-refractivity contribution in [3.05, 3.63) is 25.3 Å². The van der Waals surface area contributed by atoms with E-state index in [-0.39, 0.29) is 5.37 Å². The van der Waals surface area contributed by atoms with E-state index in [1.165, 1.54) is 19.3 Å². The van der Waals surface area contributed by atoms with Crippen LogP contribution in [-0.2, 0) is 0 Å². The van der Waals surface area contributed by atoms with Crippen LogP contribution in [0.4, 0.5) is 0 Å². The first-order chi connectivity index (χ1) is 6.24. The van der Waals surface area contributed by atoms with Gasteiger partial charge in [-0.05, 0) is 12.8 Å². The van der Waals surface area contributed by atoms with Gasteiger partial charge in [-0.3, -0.25) is 5.32 Å². The summed E-state index contributed by atoms with van der Waals surface area (Å²) in [5, 5.41) is 3.32. The van der Waals surface area contributed by atoms with Crippen LogP contribution in [0.2, 0.25) is 0 Å². The molecule has 1 radical (unpaired) electrons. The van der Waals surface area contributed by atoms with Crippen molar-refractivity contribution in [2.24, 2.45) is 0 Å². The minimum atomic E-state index is -0.0122. The molecule has 0 rings (SSSR count). The van der Waals surface area contributed by atoms with Crippen molar-refractivity contribution in [2.75, 3.05) is 0 Å². The zero-order valence-corrected chi connectivity index (χ0v) is 9.28. The van der Waals surface area contributed by atoms with Crippen molar-refractivity contribution < 1.29 is 0 Å². The molecule has 2 unspecified atom stereocenters. The summed E-state index contributed by atoms with van der Waals surface area (Å²) in [6.45, 7) is 9.60. The zero-order valence-electron chi connectivity index (χ0n) is 8.46. The lowest BCUT2D eigenvalue weighted by Crippen LogP contribution is -2.33. The maximum atomic E-state index is 5.12. The minimum Gasteiger partial charge on any atom is -0.298 e. The molecule has 0 aromatic rings. The number of rotatable bonds is 8. The summed E-state index contributed by atoms with van der Waals surface area (Å²) in [4.78, 5) is 0. The van der Waals surface area contributed by atoms with Gasteiger partial charge in [0.15, 0.2) is 0 Å². The molecule has 0 saturated heterocycles. The SMILES string of the molecule is C=CCC(CCCC)NC([S])C=C. The van der Waals surface area contributed by atoms with Gasteiger partial charge in [0.05, 0.1) is 5.37 Å². The topological polar surface area (TPSA) is 12.0 Å². The number of nitrogens with one attached hydrogen (secondary N) is 1. The zero-order chi connectivity index (χ0) is 10.1. The highest BCUT2D eigenvalue weighted by Gasteiger charge is 2.08. The van der Waals surface area contributed by atoms with Crippen LogP contribution in [0.1, 0.15) is 32.6 Å². The molecule has 0 amide bonds. The Hall–Kier alpha value is -0.210. The average Bonchev–Trinajstić information content (AvgIpc) is 2.14. The average molecular weight is 198 g/mol. The predicted molar refractivity (Wildman–Crippen MR) is 62.8 cm³/mol. The molecule has 0 aliphatic rings. The largest absolute Gasteiger partial charge is 0.298 e. The molecule has 2 atom stereocenters. The second-order valence-electron chi connectivity index (χ2n) is 3.19. The Kier molecular flexibility index (Phi) is 8.26. The van der Waals surface area contributed by atoms with Gasteiger partial charge in [0.1, 0.15) is 0 Å². The molecular formula is C11H20NS. The molecule has 1 nitrogen and oxygen atoms in total. The fourth-order valence-corrected chi connectivity index (χ4v) is 1.41. The Morgan fingerprint density at radius 1 is 1.46 bits per heavy atom. The highest BCUT2D eigenvalue weighted by atomic mass is 32.1. The van der Waals surface area contributed by atoms with Gasteiger partial charge in [-0.1, -0.05) is 44.5 Å². The van der Waals surface area contributed by atoms with Crippen molar-refractivity contribution in [1.29, 1.82) is 0 Å². The maximum Gasteiger partial charge on any atom is 0.0823 e. The van der Waals surface area contributed by atoms with Gasteiger partial charge in [-0.15, -0.1) is 13.2 Å². The van der Waals surface area contributed by atoms with Gasteiger partial charge in [-0.25, -0.2) is 0 Å². The number of hydrogen-bond acceptors (Lipinski definition) is 1. The maximum absolute atomic E-state index is 5.12. The van der Waals surface area contributed by atoms with Gasteiger partial charge in [0.2, 0.25) is 0 Å². The summed E-state index contributed by atoms with van der Waals surface area (Å²) >= 11 is 5.12. The Bertz CT molecular complexity index is 145. The van der Waals surface area contributed by atoms with E-state index in [4.69, 9.17) is 12.6 Å². The first kappa shape index (κ1) is 12.8. The second kappa shape index (κ2) is 8.39. The summed E-state index contributed by atoms with van der Waals surface area (Å²) in [6, 6.07) is 0.470. The summed E-state index contributed by atoms with van der Waals surface area (Å²) < 4.78 is 0. The fraction of sp³-hybridized carbons (Fsp3) is 0.636. The summed E-state index contributed by atoms with van der Waals surface area (Å²) in [5.74, 6) is 0. The smallest absolute Gasteiger partial charge is 0.0823 e. The van der Waals surface area contributed by atoms with E-state index in [1.54, 1.807) is 6.08 Å². The van der Waals surface area contributed by atoms with Crippen molar-refractivity contribution in [3.8, 4) is 0 Å². The fourth-order valence-electron chi connectivity index (χ4n) is 1.22. The first-order valence-corrected chi connectivity index (χ1v) is 5.37. The van der Waals surface area contributed by atoms with Crippen LogP contribution in [-0.4, -0.2) is 11.4 Å². The molecule has 1 N–H and O–H groups in total. The molecule has 0 aromatic carbocycles. The molecule has 0 fully saturated rings. The molecule has 0 bridgehead atoms. The standard InChI is InChI=1S/C11H20NS/c1-4-7-9-10(8-5-2)12-11(13)6-3/h5-6,10-12H,2-4,7-9H2,1H3. The van der Waals surface area contributed by atoms with E-state index in [0.29, 0.717) is 6.04 Å². The van der Waals surface area contributed by atoms with E-state index in [0.717, 1.165) is 6.42 Å². The highest BCUT2D eigenvalue weighted by molar-refractivity contribution is 7.81. The van der Waals surface area contributed by atoms with Gasteiger partial charge < -0.3 is 0 Å². The molecule has 0 heterocycles. The number of hydrogen-bond donors (Lipinski definition) is 1. The lowest BCUT2D eigenvalue weighted by Gasteiger charge is -2.18. The highest BCUT2D eigenvalue weighted by Crippen LogP contribution is 2.07.